The molecule has 36 heavy (non-hydrogen) atoms. The van der Waals surface area contributed by atoms with E-state index >= 15 is 0 Å². The van der Waals surface area contributed by atoms with Crippen molar-refractivity contribution < 1.29 is 13.2 Å². The summed E-state index contributed by atoms with van der Waals surface area (Å²) >= 11 is 0. The first-order valence-corrected chi connectivity index (χ1v) is 12.5. The number of nitrogens with one attached hydrogen (secondary N) is 1. The minimum Gasteiger partial charge on any atom is -0.356 e. The van der Waals surface area contributed by atoms with Crippen molar-refractivity contribution >= 4 is 23.4 Å². The molecular weight excluding hydrogens is 469 g/mol. The maximum absolute atomic E-state index is 13.0. The molecule has 1 N–H and O–H groups in total. The third kappa shape index (κ3) is 4.35. The lowest BCUT2D eigenvalue weighted by molar-refractivity contribution is -0.137. The van der Waals surface area contributed by atoms with Crippen LogP contribution in [0.2, 0.25) is 0 Å². The average molecular weight is 499 g/mol. The number of benzene rings is 1. The normalized spacial score (nSPS) is 23.9. The van der Waals surface area contributed by atoms with Crippen LogP contribution in [0.25, 0.3) is 0 Å². The largest absolute Gasteiger partial charge is 0.416 e. The summed E-state index contributed by atoms with van der Waals surface area (Å²) in [6, 6.07) is 7.62. The molecule has 2 aromatic heterocycles. The van der Waals surface area contributed by atoms with E-state index in [-0.39, 0.29) is 6.04 Å². The molecule has 8 nitrogen and oxygen atoms in total. The van der Waals surface area contributed by atoms with Crippen molar-refractivity contribution in [1.82, 2.24) is 24.7 Å². The van der Waals surface area contributed by atoms with Gasteiger partial charge >= 0.3 is 6.18 Å². The molecule has 1 aliphatic carbocycles. The zero-order valence-electron chi connectivity index (χ0n) is 20.1. The van der Waals surface area contributed by atoms with Gasteiger partial charge in [0.25, 0.3) is 0 Å². The van der Waals surface area contributed by atoms with Crippen molar-refractivity contribution in [3.63, 3.8) is 0 Å². The van der Waals surface area contributed by atoms with Gasteiger partial charge in [0.1, 0.15) is 12.1 Å². The maximum Gasteiger partial charge on any atom is 0.416 e. The summed E-state index contributed by atoms with van der Waals surface area (Å²) in [5.74, 6) is 3.19. The standard InChI is InChI=1S/C25H29F3N8/c1-16-12-21(30-15-29-16)34-13-17-4-5-18(14-34)22(17)31-23-32-24-35(10-2-3-11-36(24)33-23)20-8-6-19(7-9-20)25(26,27)28/h6-9,12,15,17-18,22H,2-5,10-11,13-14H2,1H3,(H,31,33)/t17-,18-/m1/s1. The molecule has 190 valence electrons. The number of hydrogen-bond donors (Lipinski definition) is 1. The molecule has 6 rings (SSSR count). The summed E-state index contributed by atoms with van der Waals surface area (Å²) in [5, 5.41) is 8.39. The van der Waals surface area contributed by atoms with E-state index in [2.05, 4.69) is 20.2 Å². The van der Waals surface area contributed by atoms with E-state index in [9.17, 15) is 13.2 Å². The maximum atomic E-state index is 13.0. The van der Waals surface area contributed by atoms with Crippen LogP contribution < -0.4 is 15.1 Å². The van der Waals surface area contributed by atoms with Crippen LogP contribution in [0.5, 0.6) is 0 Å². The zero-order chi connectivity index (χ0) is 24.9. The first-order valence-electron chi connectivity index (χ1n) is 12.5. The van der Waals surface area contributed by atoms with Gasteiger partial charge in [0.05, 0.1) is 5.56 Å². The molecule has 2 fully saturated rings. The average Bonchev–Trinajstić information content (AvgIpc) is 3.25. The molecule has 0 spiro atoms. The third-order valence-electron chi connectivity index (χ3n) is 7.64. The fourth-order valence-corrected chi connectivity index (χ4v) is 5.86. The van der Waals surface area contributed by atoms with Gasteiger partial charge in [0, 0.05) is 49.7 Å². The van der Waals surface area contributed by atoms with Crippen LogP contribution >= 0.6 is 0 Å². The number of aromatic nitrogens is 5. The summed E-state index contributed by atoms with van der Waals surface area (Å²) in [6.45, 7) is 5.26. The van der Waals surface area contributed by atoms with Crippen LogP contribution in [0.4, 0.5) is 36.6 Å². The molecule has 0 amide bonds. The van der Waals surface area contributed by atoms with Gasteiger partial charge in [-0.05, 0) is 68.7 Å². The Kier molecular flexibility index (Phi) is 5.72. The van der Waals surface area contributed by atoms with Gasteiger partial charge < -0.3 is 15.1 Å². The summed E-state index contributed by atoms with van der Waals surface area (Å²) < 4.78 is 41.0. The minimum atomic E-state index is -4.35. The van der Waals surface area contributed by atoms with E-state index in [1.807, 2.05) is 22.6 Å². The van der Waals surface area contributed by atoms with Crippen LogP contribution in [0.3, 0.4) is 0 Å². The molecule has 0 unspecified atom stereocenters. The number of halogens is 3. The molecule has 3 aliphatic rings. The van der Waals surface area contributed by atoms with Crippen molar-refractivity contribution in [2.45, 2.75) is 51.4 Å². The Morgan fingerprint density at radius 1 is 0.972 bits per heavy atom. The molecule has 1 aromatic carbocycles. The Morgan fingerprint density at radius 3 is 2.39 bits per heavy atom. The number of aryl methyl sites for hydroxylation is 2. The third-order valence-corrected chi connectivity index (χ3v) is 7.64. The number of fused-ring (bicyclic) bond motifs is 3. The van der Waals surface area contributed by atoms with Gasteiger partial charge in [-0.1, -0.05) is 0 Å². The second kappa shape index (κ2) is 8.94. The minimum absolute atomic E-state index is 0.287. The highest BCUT2D eigenvalue weighted by Gasteiger charge is 2.43. The van der Waals surface area contributed by atoms with Crippen molar-refractivity contribution in [1.29, 1.82) is 0 Å². The highest BCUT2D eigenvalue weighted by Crippen LogP contribution is 2.40. The monoisotopic (exact) mass is 498 g/mol. The Hall–Kier alpha value is -3.37. The first-order chi connectivity index (χ1) is 17.3. The number of rotatable bonds is 4. The number of hydrogen-bond acceptors (Lipinski definition) is 7. The zero-order valence-corrected chi connectivity index (χ0v) is 20.1. The molecule has 2 atom stereocenters. The molecule has 2 aliphatic heterocycles. The quantitative estimate of drug-likeness (QED) is 0.561. The number of alkyl halides is 3. The Balaban J connectivity index is 1.20. The lowest BCUT2D eigenvalue weighted by Crippen LogP contribution is -2.48. The van der Waals surface area contributed by atoms with E-state index in [4.69, 9.17) is 10.1 Å². The van der Waals surface area contributed by atoms with Crippen LogP contribution in [0, 0.1) is 18.8 Å². The van der Waals surface area contributed by atoms with Crippen LogP contribution in [0.15, 0.2) is 36.7 Å². The van der Waals surface area contributed by atoms with Crippen molar-refractivity contribution in [2.24, 2.45) is 11.8 Å². The SMILES string of the molecule is Cc1cc(N2C[C@H]3CC[C@H](C2)C3Nc2nc3n(n2)CCCCN3c2ccc(C(F)(F)F)cc2)ncn1. The van der Waals surface area contributed by atoms with Crippen LogP contribution in [0.1, 0.15) is 36.9 Å². The van der Waals surface area contributed by atoms with E-state index in [0.717, 1.165) is 69.0 Å². The smallest absolute Gasteiger partial charge is 0.356 e. The number of piperidine rings is 1. The van der Waals surface area contributed by atoms with Gasteiger partial charge in [0.15, 0.2) is 0 Å². The molecule has 1 saturated heterocycles. The predicted molar refractivity (Wildman–Crippen MR) is 130 cm³/mol. The molecule has 11 heteroatoms. The summed E-state index contributed by atoms with van der Waals surface area (Å²) in [4.78, 5) is 17.9. The number of anilines is 4. The van der Waals surface area contributed by atoms with Crippen molar-refractivity contribution in [3.05, 3.63) is 47.9 Å². The molecule has 2 bridgehead atoms. The fraction of sp³-hybridized carbons (Fsp3) is 0.520. The first kappa shape index (κ1) is 23.1. The van der Waals surface area contributed by atoms with E-state index in [1.54, 1.807) is 6.33 Å². The van der Waals surface area contributed by atoms with Gasteiger partial charge in [-0.15, -0.1) is 5.10 Å². The van der Waals surface area contributed by atoms with Crippen molar-refractivity contribution in [3.8, 4) is 0 Å². The van der Waals surface area contributed by atoms with Gasteiger partial charge in [-0.2, -0.15) is 18.2 Å². The van der Waals surface area contributed by atoms with E-state index in [0.29, 0.717) is 36.0 Å². The Morgan fingerprint density at radius 2 is 1.69 bits per heavy atom. The van der Waals surface area contributed by atoms with E-state index in [1.165, 1.54) is 12.1 Å². The topological polar surface area (TPSA) is 75.0 Å². The van der Waals surface area contributed by atoms with Crippen LogP contribution in [-0.4, -0.2) is 50.4 Å². The molecule has 1 saturated carbocycles. The Labute approximate surface area is 207 Å². The summed E-state index contributed by atoms with van der Waals surface area (Å²) in [7, 11) is 0. The summed E-state index contributed by atoms with van der Waals surface area (Å²) in [6.07, 6.45) is 1.42. The summed E-state index contributed by atoms with van der Waals surface area (Å²) in [5.41, 5.74) is 1.01. The van der Waals surface area contributed by atoms with Gasteiger partial charge in [-0.25, -0.2) is 14.6 Å². The lowest BCUT2D eigenvalue weighted by atomic mass is 9.92. The molecule has 0 radical (unpaired) electrons. The highest BCUT2D eigenvalue weighted by molar-refractivity contribution is 5.59. The lowest BCUT2D eigenvalue weighted by Gasteiger charge is -2.38. The molecule has 4 heterocycles. The van der Waals surface area contributed by atoms with Crippen molar-refractivity contribution in [2.75, 3.05) is 34.8 Å². The van der Waals surface area contributed by atoms with Crippen LogP contribution in [-0.2, 0) is 12.7 Å². The second-order valence-corrected chi connectivity index (χ2v) is 10.1. The van der Waals surface area contributed by atoms with Gasteiger partial charge in [0.2, 0.25) is 11.9 Å². The number of nitrogens with zero attached hydrogens (tertiary/aromatic N) is 7. The fourth-order valence-electron chi connectivity index (χ4n) is 5.86. The Bertz CT molecular complexity index is 1210. The van der Waals surface area contributed by atoms with E-state index < -0.39 is 11.7 Å². The molecular formula is C25H29F3N8. The second-order valence-electron chi connectivity index (χ2n) is 10.1. The highest BCUT2D eigenvalue weighted by atomic mass is 19.4. The molecule has 3 aromatic rings. The van der Waals surface area contributed by atoms with Gasteiger partial charge in [-0.3, -0.25) is 0 Å². The predicted octanol–water partition coefficient (Wildman–Crippen LogP) is 4.65.